The molecule has 0 amide bonds. The van der Waals surface area contributed by atoms with Gasteiger partial charge in [-0.3, -0.25) is 0 Å². The number of aryl methyl sites for hydroxylation is 1. The van der Waals surface area contributed by atoms with Crippen LogP contribution < -0.4 is 5.32 Å². The van der Waals surface area contributed by atoms with Crippen LogP contribution in [0.2, 0.25) is 0 Å². The molecule has 1 aliphatic rings. The predicted molar refractivity (Wildman–Crippen MR) is 78.5 cm³/mol. The molecule has 18 heavy (non-hydrogen) atoms. The number of nitrogens with one attached hydrogen (secondary N) is 1. The number of benzene rings is 1. The number of hydrogen-bond acceptors (Lipinski definition) is 2. The average molecular weight is 307 g/mol. The maximum absolute atomic E-state index is 9.28. The molecular formula is C15H19BrN2. The summed E-state index contributed by atoms with van der Waals surface area (Å²) in [5.41, 5.74) is 2.35. The van der Waals surface area contributed by atoms with E-state index in [9.17, 15) is 5.26 Å². The van der Waals surface area contributed by atoms with Gasteiger partial charge in [-0.2, -0.15) is 5.26 Å². The zero-order chi connectivity index (χ0) is 13.0. The number of hydrogen-bond donors (Lipinski definition) is 1. The third-order valence-corrected chi connectivity index (χ3v) is 4.30. The molecule has 1 aromatic carbocycles. The van der Waals surface area contributed by atoms with Crippen LogP contribution in [0.5, 0.6) is 0 Å². The normalized spacial score (nSPS) is 24.1. The van der Waals surface area contributed by atoms with Crippen molar-refractivity contribution in [3.63, 3.8) is 0 Å². The summed E-state index contributed by atoms with van der Waals surface area (Å²) in [6.07, 6.45) is 5.78. The van der Waals surface area contributed by atoms with Crippen molar-refractivity contribution < 1.29 is 0 Å². The van der Waals surface area contributed by atoms with Gasteiger partial charge in [-0.15, -0.1) is 0 Å². The number of anilines is 1. The van der Waals surface area contributed by atoms with Gasteiger partial charge in [0.1, 0.15) is 0 Å². The molecule has 0 spiro atoms. The van der Waals surface area contributed by atoms with Gasteiger partial charge in [0.05, 0.1) is 12.0 Å². The van der Waals surface area contributed by atoms with Crippen LogP contribution >= 0.6 is 15.9 Å². The molecule has 3 heteroatoms. The maximum atomic E-state index is 9.28. The van der Waals surface area contributed by atoms with Gasteiger partial charge in [0.2, 0.25) is 0 Å². The van der Waals surface area contributed by atoms with E-state index in [-0.39, 0.29) is 12.0 Å². The van der Waals surface area contributed by atoms with Gasteiger partial charge < -0.3 is 5.32 Å². The van der Waals surface area contributed by atoms with Gasteiger partial charge in [0.25, 0.3) is 0 Å². The Bertz CT molecular complexity index is 450. The molecule has 0 radical (unpaired) electrons. The highest BCUT2D eigenvalue weighted by Gasteiger charge is 2.23. The molecule has 1 saturated carbocycles. The Morgan fingerprint density at radius 3 is 2.78 bits per heavy atom. The Morgan fingerprint density at radius 2 is 2.06 bits per heavy atom. The van der Waals surface area contributed by atoms with E-state index < -0.39 is 0 Å². The van der Waals surface area contributed by atoms with Crippen molar-refractivity contribution >= 4 is 21.6 Å². The van der Waals surface area contributed by atoms with E-state index in [1.54, 1.807) is 0 Å². The minimum absolute atomic E-state index is 0.140. The van der Waals surface area contributed by atoms with Crippen molar-refractivity contribution in [3.05, 3.63) is 28.2 Å². The molecule has 0 aromatic heterocycles. The quantitative estimate of drug-likeness (QED) is 0.808. The largest absolute Gasteiger partial charge is 0.380 e. The topological polar surface area (TPSA) is 35.8 Å². The fourth-order valence-electron chi connectivity index (χ4n) is 2.57. The van der Waals surface area contributed by atoms with E-state index >= 15 is 0 Å². The lowest BCUT2D eigenvalue weighted by molar-refractivity contribution is 0.514. The molecule has 0 aliphatic heterocycles. The van der Waals surface area contributed by atoms with Crippen molar-refractivity contribution in [2.24, 2.45) is 5.92 Å². The standard InChI is InChI=1S/C15H19BrN2/c1-11-7-8-15(13(16)9-11)18-14-6-4-2-3-5-12(14)10-17/h7-9,12,14,18H,2-6H2,1H3. The molecule has 1 aliphatic carbocycles. The SMILES string of the molecule is Cc1ccc(NC2CCCCCC2C#N)c(Br)c1. The summed E-state index contributed by atoms with van der Waals surface area (Å²) in [5.74, 6) is 0.140. The van der Waals surface area contributed by atoms with E-state index in [1.807, 2.05) is 0 Å². The Balaban J connectivity index is 2.13. The smallest absolute Gasteiger partial charge is 0.0677 e. The first-order chi connectivity index (χ1) is 8.70. The Morgan fingerprint density at radius 1 is 1.28 bits per heavy atom. The highest BCUT2D eigenvalue weighted by molar-refractivity contribution is 9.10. The fourth-order valence-corrected chi connectivity index (χ4v) is 3.18. The van der Waals surface area contributed by atoms with E-state index in [1.165, 1.54) is 24.8 Å². The van der Waals surface area contributed by atoms with E-state index in [0.717, 1.165) is 23.0 Å². The first kappa shape index (κ1) is 13.4. The monoisotopic (exact) mass is 306 g/mol. The summed E-state index contributed by atoms with van der Waals surface area (Å²) >= 11 is 3.59. The molecule has 2 atom stereocenters. The second kappa shape index (κ2) is 6.24. The summed E-state index contributed by atoms with van der Waals surface area (Å²) < 4.78 is 1.09. The van der Waals surface area contributed by atoms with Gasteiger partial charge in [0, 0.05) is 16.2 Å². The number of nitrogens with zero attached hydrogens (tertiary/aromatic N) is 1. The number of nitriles is 1. The van der Waals surface area contributed by atoms with Gasteiger partial charge in [0.15, 0.2) is 0 Å². The van der Waals surface area contributed by atoms with Gasteiger partial charge in [-0.25, -0.2) is 0 Å². The first-order valence-electron chi connectivity index (χ1n) is 6.63. The lowest BCUT2D eigenvalue weighted by Gasteiger charge is -2.23. The zero-order valence-electron chi connectivity index (χ0n) is 10.7. The van der Waals surface area contributed by atoms with Crippen LogP contribution in [-0.2, 0) is 0 Å². The molecule has 1 fully saturated rings. The van der Waals surface area contributed by atoms with E-state index in [4.69, 9.17) is 0 Å². The molecule has 1 N–H and O–H groups in total. The minimum atomic E-state index is 0.140. The first-order valence-corrected chi connectivity index (χ1v) is 7.42. The van der Waals surface area contributed by atoms with Crippen molar-refractivity contribution in [1.29, 1.82) is 5.26 Å². The van der Waals surface area contributed by atoms with Crippen molar-refractivity contribution in [1.82, 2.24) is 0 Å². The fraction of sp³-hybridized carbons (Fsp3) is 0.533. The minimum Gasteiger partial charge on any atom is -0.380 e. The van der Waals surface area contributed by atoms with Gasteiger partial charge >= 0.3 is 0 Å². The molecule has 0 bridgehead atoms. The van der Waals surface area contributed by atoms with Crippen LogP contribution in [0.15, 0.2) is 22.7 Å². The number of halogens is 1. The van der Waals surface area contributed by atoms with E-state index in [0.29, 0.717) is 0 Å². The van der Waals surface area contributed by atoms with Crippen molar-refractivity contribution in [2.45, 2.75) is 45.1 Å². The lowest BCUT2D eigenvalue weighted by atomic mass is 9.96. The molecule has 2 rings (SSSR count). The highest BCUT2D eigenvalue weighted by Crippen LogP contribution is 2.29. The molecule has 96 valence electrons. The number of rotatable bonds is 2. The molecule has 0 saturated heterocycles. The van der Waals surface area contributed by atoms with Crippen LogP contribution in [0.4, 0.5) is 5.69 Å². The van der Waals surface area contributed by atoms with Crippen LogP contribution in [0, 0.1) is 24.2 Å². The highest BCUT2D eigenvalue weighted by atomic mass is 79.9. The molecule has 1 aromatic rings. The molecule has 2 unspecified atom stereocenters. The Kier molecular flexibility index (Phi) is 4.66. The molecule has 2 nitrogen and oxygen atoms in total. The molecular weight excluding hydrogens is 288 g/mol. The van der Waals surface area contributed by atoms with Gasteiger partial charge in [-0.05, 0) is 53.4 Å². The zero-order valence-corrected chi connectivity index (χ0v) is 12.3. The maximum Gasteiger partial charge on any atom is 0.0677 e. The third kappa shape index (κ3) is 3.26. The van der Waals surface area contributed by atoms with Crippen LogP contribution in [0.1, 0.15) is 37.7 Å². The Labute approximate surface area is 118 Å². The summed E-state index contributed by atoms with van der Waals surface area (Å²) in [6.45, 7) is 2.08. The van der Waals surface area contributed by atoms with Gasteiger partial charge in [-0.1, -0.05) is 25.3 Å². The second-order valence-corrected chi connectivity index (χ2v) is 5.96. The Hall–Kier alpha value is -1.01. The average Bonchev–Trinajstić information content (AvgIpc) is 2.57. The van der Waals surface area contributed by atoms with Crippen molar-refractivity contribution in [2.75, 3.05) is 5.32 Å². The van der Waals surface area contributed by atoms with Crippen LogP contribution in [-0.4, -0.2) is 6.04 Å². The van der Waals surface area contributed by atoms with E-state index in [2.05, 4.69) is 52.4 Å². The summed E-state index contributed by atoms with van der Waals surface area (Å²) in [7, 11) is 0. The summed E-state index contributed by atoms with van der Waals surface area (Å²) in [5, 5.41) is 12.8. The second-order valence-electron chi connectivity index (χ2n) is 5.11. The summed E-state index contributed by atoms with van der Waals surface area (Å²) in [6, 6.07) is 9.07. The van der Waals surface area contributed by atoms with Crippen LogP contribution in [0.25, 0.3) is 0 Å². The third-order valence-electron chi connectivity index (χ3n) is 3.65. The lowest BCUT2D eigenvalue weighted by Crippen LogP contribution is -2.27. The molecule has 0 heterocycles. The predicted octanol–water partition coefficient (Wildman–Crippen LogP) is 4.64. The van der Waals surface area contributed by atoms with Crippen LogP contribution in [0.3, 0.4) is 0 Å². The van der Waals surface area contributed by atoms with Crippen molar-refractivity contribution in [3.8, 4) is 6.07 Å². The summed E-state index contributed by atoms with van der Waals surface area (Å²) in [4.78, 5) is 0.